The Morgan fingerprint density at radius 3 is 2.36 bits per heavy atom. The molecule has 3 heterocycles. The highest BCUT2D eigenvalue weighted by Crippen LogP contribution is 2.35. The molecule has 3 rings (SSSR count). The number of rotatable bonds is 3. The summed E-state index contributed by atoms with van der Waals surface area (Å²) in [4.78, 5) is 19.2. The molecule has 8 nitrogen and oxygen atoms in total. The van der Waals surface area contributed by atoms with Gasteiger partial charge in [-0.3, -0.25) is 9.48 Å². The molecule has 0 N–H and O–H groups in total. The van der Waals surface area contributed by atoms with Crippen molar-refractivity contribution in [3.63, 3.8) is 0 Å². The number of amides is 1. The predicted octanol–water partition coefficient (Wildman–Crippen LogP) is 1.15. The first-order chi connectivity index (χ1) is 11.8. The molecular formula is C17H26N6O2. The number of aromatic nitrogens is 3. The molecule has 0 saturated carbocycles. The molecule has 0 atom stereocenters. The number of carbonyl (C=O) groups is 1. The molecule has 1 aliphatic heterocycles. The van der Waals surface area contributed by atoms with Crippen molar-refractivity contribution in [2.24, 2.45) is 7.05 Å². The molecule has 0 radical (unpaired) electrons. The minimum atomic E-state index is -0.0187. The summed E-state index contributed by atoms with van der Waals surface area (Å²) in [7, 11) is 7.87. The lowest BCUT2D eigenvalue weighted by Gasteiger charge is -2.32. The second-order valence-electron chi connectivity index (χ2n) is 6.86. The van der Waals surface area contributed by atoms with Gasteiger partial charge in [0, 0.05) is 47.3 Å². The van der Waals surface area contributed by atoms with Gasteiger partial charge < -0.3 is 19.2 Å². The predicted molar refractivity (Wildman–Crippen MR) is 95.9 cm³/mol. The lowest BCUT2D eigenvalue weighted by Crippen LogP contribution is -2.47. The highest BCUT2D eigenvalue weighted by atomic mass is 16.5. The van der Waals surface area contributed by atoms with E-state index in [4.69, 9.17) is 4.52 Å². The summed E-state index contributed by atoms with van der Waals surface area (Å²) < 4.78 is 7.22. The van der Waals surface area contributed by atoms with E-state index in [1.165, 1.54) is 0 Å². The zero-order valence-corrected chi connectivity index (χ0v) is 15.8. The Morgan fingerprint density at radius 2 is 1.76 bits per heavy atom. The lowest BCUT2D eigenvalue weighted by molar-refractivity contribution is 0.0663. The maximum atomic E-state index is 13.1. The molecule has 0 aliphatic carbocycles. The van der Waals surface area contributed by atoms with Crippen molar-refractivity contribution in [3.05, 3.63) is 17.0 Å². The smallest absolute Gasteiger partial charge is 0.259 e. The number of piperazine rings is 1. The Bertz CT molecular complexity index is 783. The molecule has 1 aliphatic rings. The number of hydrogen-bond acceptors (Lipinski definition) is 6. The summed E-state index contributed by atoms with van der Waals surface area (Å²) >= 11 is 0. The van der Waals surface area contributed by atoms with E-state index < -0.39 is 0 Å². The standard InChI is InChI=1S/C17H26N6O2/c1-11-13(16(20(3)4)22(6)18-11)15-14(12(2)25-19-15)17(24)23-9-7-21(5)8-10-23/h7-10H2,1-6H3. The first kappa shape index (κ1) is 17.5. The van der Waals surface area contributed by atoms with Gasteiger partial charge in [-0.15, -0.1) is 0 Å². The first-order valence-corrected chi connectivity index (χ1v) is 8.46. The Morgan fingerprint density at radius 1 is 1.12 bits per heavy atom. The van der Waals surface area contributed by atoms with Crippen molar-refractivity contribution in [1.29, 1.82) is 0 Å². The van der Waals surface area contributed by atoms with Crippen molar-refractivity contribution in [3.8, 4) is 11.3 Å². The van der Waals surface area contributed by atoms with Gasteiger partial charge in [-0.2, -0.15) is 5.10 Å². The van der Waals surface area contributed by atoms with E-state index in [-0.39, 0.29) is 5.91 Å². The molecule has 1 saturated heterocycles. The molecule has 25 heavy (non-hydrogen) atoms. The lowest BCUT2D eigenvalue weighted by atomic mass is 10.0. The third-order valence-corrected chi connectivity index (χ3v) is 4.72. The first-order valence-electron chi connectivity index (χ1n) is 8.46. The number of anilines is 1. The Balaban J connectivity index is 2.05. The quantitative estimate of drug-likeness (QED) is 0.830. The zero-order chi connectivity index (χ0) is 18.3. The third kappa shape index (κ3) is 3.02. The van der Waals surface area contributed by atoms with Crippen molar-refractivity contribution in [1.82, 2.24) is 24.7 Å². The second kappa shape index (κ2) is 6.51. The molecule has 1 fully saturated rings. The fourth-order valence-electron chi connectivity index (χ4n) is 3.40. The highest BCUT2D eigenvalue weighted by Gasteiger charge is 2.31. The van der Waals surface area contributed by atoms with E-state index >= 15 is 0 Å². The van der Waals surface area contributed by atoms with E-state index in [1.807, 2.05) is 37.9 Å². The summed E-state index contributed by atoms with van der Waals surface area (Å²) in [6.45, 7) is 6.90. The Kier molecular flexibility index (Phi) is 4.55. The number of likely N-dealkylation sites (N-methyl/N-ethyl adjacent to an activating group) is 1. The fraction of sp³-hybridized carbons (Fsp3) is 0.588. The van der Waals surface area contributed by atoms with Crippen LogP contribution in [0, 0.1) is 13.8 Å². The molecule has 0 aromatic carbocycles. The largest absolute Gasteiger partial charge is 0.362 e. The van der Waals surface area contributed by atoms with Gasteiger partial charge in [-0.05, 0) is 20.9 Å². The van der Waals surface area contributed by atoms with Gasteiger partial charge in [-0.1, -0.05) is 5.16 Å². The van der Waals surface area contributed by atoms with Crippen LogP contribution in [0.2, 0.25) is 0 Å². The van der Waals surface area contributed by atoms with E-state index in [2.05, 4.69) is 22.2 Å². The molecular weight excluding hydrogens is 320 g/mol. The summed E-state index contributed by atoms with van der Waals surface area (Å²) in [5, 5.41) is 8.72. The summed E-state index contributed by atoms with van der Waals surface area (Å²) in [6, 6.07) is 0. The fourth-order valence-corrected chi connectivity index (χ4v) is 3.40. The number of aryl methyl sites for hydroxylation is 3. The van der Waals surface area contributed by atoms with Crippen LogP contribution in [0.5, 0.6) is 0 Å². The molecule has 136 valence electrons. The minimum Gasteiger partial charge on any atom is -0.362 e. The van der Waals surface area contributed by atoms with Crippen LogP contribution in [0.25, 0.3) is 11.3 Å². The van der Waals surface area contributed by atoms with Crippen molar-refractivity contribution < 1.29 is 9.32 Å². The van der Waals surface area contributed by atoms with E-state index in [0.717, 1.165) is 30.2 Å². The van der Waals surface area contributed by atoms with Crippen LogP contribution in [0.1, 0.15) is 21.8 Å². The van der Waals surface area contributed by atoms with Crippen LogP contribution in [0.3, 0.4) is 0 Å². The second-order valence-corrected chi connectivity index (χ2v) is 6.86. The Labute approximate surface area is 148 Å². The van der Waals surface area contributed by atoms with E-state index in [1.54, 1.807) is 11.6 Å². The highest BCUT2D eigenvalue weighted by molar-refractivity contribution is 6.02. The number of hydrogen-bond donors (Lipinski definition) is 0. The van der Waals surface area contributed by atoms with Gasteiger partial charge in [-0.25, -0.2) is 0 Å². The van der Waals surface area contributed by atoms with E-state index in [9.17, 15) is 4.79 Å². The molecule has 0 bridgehead atoms. The van der Waals surface area contributed by atoms with E-state index in [0.29, 0.717) is 30.1 Å². The molecule has 2 aromatic heterocycles. The average molecular weight is 346 g/mol. The van der Waals surface area contributed by atoms with Crippen LogP contribution in [-0.4, -0.2) is 78.0 Å². The monoisotopic (exact) mass is 346 g/mol. The van der Waals surface area contributed by atoms with Gasteiger partial charge in [0.15, 0.2) is 0 Å². The van der Waals surface area contributed by atoms with Crippen molar-refractivity contribution >= 4 is 11.7 Å². The molecule has 2 aromatic rings. The van der Waals surface area contributed by atoms with Crippen LogP contribution in [0.15, 0.2) is 4.52 Å². The Hall–Kier alpha value is -2.35. The van der Waals surface area contributed by atoms with Crippen LogP contribution in [-0.2, 0) is 7.05 Å². The minimum absolute atomic E-state index is 0.0187. The summed E-state index contributed by atoms with van der Waals surface area (Å²) in [5.41, 5.74) is 2.80. The third-order valence-electron chi connectivity index (χ3n) is 4.72. The van der Waals surface area contributed by atoms with Crippen LogP contribution in [0.4, 0.5) is 5.82 Å². The van der Waals surface area contributed by atoms with Gasteiger partial charge in [0.05, 0.1) is 11.3 Å². The van der Waals surface area contributed by atoms with Gasteiger partial charge in [0.2, 0.25) is 0 Å². The van der Waals surface area contributed by atoms with Gasteiger partial charge in [0.25, 0.3) is 5.91 Å². The van der Waals surface area contributed by atoms with Crippen molar-refractivity contribution in [2.75, 3.05) is 52.2 Å². The number of carbonyl (C=O) groups excluding carboxylic acids is 1. The SMILES string of the molecule is Cc1nn(C)c(N(C)C)c1-c1noc(C)c1C(=O)N1CCN(C)CC1. The molecule has 0 spiro atoms. The topological polar surface area (TPSA) is 70.6 Å². The average Bonchev–Trinajstić information content (AvgIpc) is 3.06. The molecule has 8 heteroatoms. The normalized spacial score (nSPS) is 15.7. The zero-order valence-electron chi connectivity index (χ0n) is 15.8. The summed E-state index contributed by atoms with van der Waals surface area (Å²) in [6.07, 6.45) is 0. The van der Waals surface area contributed by atoms with Gasteiger partial charge in [0.1, 0.15) is 22.8 Å². The van der Waals surface area contributed by atoms with Crippen molar-refractivity contribution in [2.45, 2.75) is 13.8 Å². The maximum Gasteiger partial charge on any atom is 0.259 e. The van der Waals surface area contributed by atoms with Crippen LogP contribution >= 0.6 is 0 Å². The summed E-state index contributed by atoms with van der Waals surface area (Å²) in [5.74, 6) is 1.43. The number of nitrogens with zero attached hydrogens (tertiary/aromatic N) is 6. The van der Waals surface area contributed by atoms with Gasteiger partial charge >= 0.3 is 0 Å². The van der Waals surface area contributed by atoms with Crippen LogP contribution < -0.4 is 4.90 Å². The maximum absolute atomic E-state index is 13.1. The molecule has 1 amide bonds. The molecule has 0 unspecified atom stereocenters.